The van der Waals surface area contributed by atoms with Crippen molar-refractivity contribution >= 4 is 22.6 Å². The second-order valence-electron chi connectivity index (χ2n) is 2.90. The van der Waals surface area contributed by atoms with Crippen molar-refractivity contribution in [3.8, 4) is 0 Å². The van der Waals surface area contributed by atoms with Gasteiger partial charge < -0.3 is 10.4 Å². The Morgan fingerprint density at radius 3 is 2.45 bits per heavy atom. The van der Waals surface area contributed by atoms with Crippen LogP contribution in [0.2, 0.25) is 0 Å². The zero-order chi connectivity index (χ0) is 8.27. The van der Waals surface area contributed by atoms with Crippen molar-refractivity contribution < 1.29 is 5.11 Å². The third-order valence-corrected chi connectivity index (χ3v) is 3.73. The van der Waals surface area contributed by atoms with Crippen molar-refractivity contribution in [1.82, 2.24) is 10.2 Å². The first-order chi connectivity index (χ1) is 5.22. The molecule has 1 aliphatic rings. The summed E-state index contributed by atoms with van der Waals surface area (Å²) in [5.41, 5.74) is 0. The van der Waals surface area contributed by atoms with E-state index in [0.717, 1.165) is 26.2 Å². The molecule has 1 aliphatic heterocycles. The lowest BCUT2D eigenvalue weighted by atomic mass is 10.3. The zero-order valence-corrected chi connectivity index (χ0v) is 8.91. The van der Waals surface area contributed by atoms with Crippen molar-refractivity contribution in [2.75, 3.05) is 26.2 Å². The van der Waals surface area contributed by atoms with Gasteiger partial charge in [0.25, 0.3) is 0 Å². The maximum Gasteiger partial charge on any atom is 0.0879 e. The highest BCUT2D eigenvalue weighted by Crippen LogP contribution is 2.12. The van der Waals surface area contributed by atoms with E-state index in [2.05, 4.69) is 32.8 Å². The lowest BCUT2D eigenvalue weighted by molar-refractivity contribution is 0.108. The molecule has 1 unspecified atom stereocenters. The number of hydrogen-bond donors (Lipinski definition) is 2. The lowest BCUT2D eigenvalue weighted by Crippen LogP contribution is -2.49. The second kappa shape index (κ2) is 4.59. The number of aliphatic hydroxyl groups excluding tert-OH is 1. The van der Waals surface area contributed by atoms with E-state index in [1.54, 1.807) is 0 Å². The van der Waals surface area contributed by atoms with Crippen LogP contribution in [0.25, 0.3) is 0 Å². The highest BCUT2D eigenvalue weighted by Gasteiger charge is 2.20. The van der Waals surface area contributed by atoms with E-state index in [0.29, 0.717) is 0 Å². The highest BCUT2D eigenvalue weighted by molar-refractivity contribution is 14.1. The first-order valence-corrected chi connectivity index (χ1v) is 5.23. The van der Waals surface area contributed by atoms with Crippen LogP contribution < -0.4 is 5.32 Å². The summed E-state index contributed by atoms with van der Waals surface area (Å²) < 4.78 is 0.273. The molecule has 0 aliphatic carbocycles. The summed E-state index contributed by atoms with van der Waals surface area (Å²) in [6, 6.07) is 0. The van der Waals surface area contributed by atoms with Gasteiger partial charge in [-0.15, -0.1) is 0 Å². The SMILES string of the molecule is CC(O)[C@@H](I)N1CCNCC1. The van der Waals surface area contributed by atoms with Crippen LogP contribution in [-0.4, -0.2) is 46.3 Å². The fraction of sp³-hybridized carbons (Fsp3) is 1.00. The van der Waals surface area contributed by atoms with Gasteiger partial charge in [0.05, 0.1) is 10.2 Å². The third kappa shape index (κ3) is 2.85. The Hall–Kier alpha value is 0.610. The number of piperazine rings is 1. The van der Waals surface area contributed by atoms with E-state index in [9.17, 15) is 5.11 Å². The number of nitrogens with zero attached hydrogens (tertiary/aromatic N) is 1. The van der Waals surface area contributed by atoms with Crippen molar-refractivity contribution in [2.45, 2.75) is 17.1 Å². The Morgan fingerprint density at radius 1 is 1.45 bits per heavy atom. The Labute approximate surface area is 81.3 Å². The van der Waals surface area contributed by atoms with Crippen molar-refractivity contribution in [3.63, 3.8) is 0 Å². The molecule has 0 bridgehead atoms. The van der Waals surface area contributed by atoms with Gasteiger partial charge in [-0.25, -0.2) is 0 Å². The van der Waals surface area contributed by atoms with Gasteiger partial charge in [0.15, 0.2) is 0 Å². The first kappa shape index (κ1) is 9.70. The second-order valence-corrected chi connectivity index (χ2v) is 4.18. The van der Waals surface area contributed by atoms with Crippen LogP contribution in [0.4, 0.5) is 0 Å². The molecule has 2 atom stereocenters. The molecule has 0 amide bonds. The fourth-order valence-corrected chi connectivity index (χ4v) is 1.79. The average Bonchev–Trinajstić information content (AvgIpc) is 2.05. The van der Waals surface area contributed by atoms with E-state index in [1.807, 2.05) is 6.92 Å². The van der Waals surface area contributed by atoms with Crippen LogP contribution in [0.1, 0.15) is 6.92 Å². The van der Waals surface area contributed by atoms with Crippen molar-refractivity contribution in [1.29, 1.82) is 0 Å². The molecule has 3 nitrogen and oxygen atoms in total. The lowest BCUT2D eigenvalue weighted by Gasteiger charge is -2.32. The quantitative estimate of drug-likeness (QED) is 0.422. The molecule has 0 aromatic rings. The number of aliphatic hydroxyl groups is 1. The van der Waals surface area contributed by atoms with Crippen LogP contribution in [0.3, 0.4) is 0 Å². The van der Waals surface area contributed by atoms with E-state index in [-0.39, 0.29) is 10.2 Å². The summed E-state index contributed by atoms with van der Waals surface area (Å²) in [6.07, 6.45) is -0.228. The zero-order valence-electron chi connectivity index (χ0n) is 6.76. The fourth-order valence-electron chi connectivity index (χ4n) is 1.23. The van der Waals surface area contributed by atoms with Gasteiger partial charge in [-0.05, 0) is 6.92 Å². The van der Waals surface area contributed by atoms with Gasteiger partial charge >= 0.3 is 0 Å². The number of halogens is 1. The molecule has 1 rings (SSSR count). The van der Waals surface area contributed by atoms with E-state index in [1.165, 1.54) is 0 Å². The van der Waals surface area contributed by atoms with Crippen LogP contribution in [0.5, 0.6) is 0 Å². The van der Waals surface area contributed by atoms with Gasteiger partial charge in [0, 0.05) is 26.2 Å². The maximum absolute atomic E-state index is 9.30. The minimum Gasteiger partial charge on any atom is -0.391 e. The number of hydrogen-bond acceptors (Lipinski definition) is 3. The molecular weight excluding hydrogens is 255 g/mol. The molecule has 4 heteroatoms. The Balaban J connectivity index is 2.32. The van der Waals surface area contributed by atoms with Gasteiger partial charge in [0.2, 0.25) is 0 Å². The highest BCUT2D eigenvalue weighted by atomic mass is 127. The van der Waals surface area contributed by atoms with Gasteiger partial charge in [-0.1, -0.05) is 22.6 Å². The smallest absolute Gasteiger partial charge is 0.0879 e. The Morgan fingerprint density at radius 2 is 2.00 bits per heavy atom. The minimum absolute atomic E-state index is 0.228. The number of alkyl halides is 1. The van der Waals surface area contributed by atoms with Crippen molar-refractivity contribution in [3.05, 3.63) is 0 Å². The standard InChI is InChI=1S/C7H15IN2O/c1-6(11)7(8)10-4-2-9-3-5-10/h6-7,9,11H,2-5H2,1H3/t6?,7-/m0/s1. The maximum atomic E-state index is 9.30. The van der Waals surface area contributed by atoms with E-state index in [4.69, 9.17) is 0 Å². The summed E-state index contributed by atoms with van der Waals surface area (Å²) in [4.78, 5) is 2.31. The number of nitrogens with one attached hydrogen (secondary N) is 1. The third-order valence-electron chi connectivity index (χ3n) is 1.90. The Bertz CT molecular complexity index is 115. The predicted octanol–water partition coefficient (Wildman–Crippen LogP) is 0.0335. The molecule has 0 aromatic heterocycles. The largest absolute Gasteiger partial charge is 0.391 e. The minimum atomic E-state index is -0.228. The molecule has 2 N–H and O–H groups in total. The molecule has 0 spiro atoms. The molecule has 0 saturated carbocycles. The molecule has 1 saturated heterocycles. The molecule has 1 fully saturated rings. The molecule has 1 heterocycles. The predicted molar refractivity (Wildman–Crippen MR) is 53.9 cm³/mol. The van der Waals surface area contributed by atoms with E-state index >= 15 is 0 Å². The summed E-state index contributed by atoms with van der Waals surface area (Å²) in [5.74, 6) is 0. The van der Waals surface area contributed by atoms with Crippen LogP contribution in [-0.2, 0) is 0 Å². The van der Waals surface area contributed by atoms with Crippen molar-refractivity contribution in [2.24, 2.45) is 0 Å². The molecule has 11 heavy (non-hydrogen) atoms. The number of rotatable bonds is 2. The summed E-state index contributed by atoms with van der Waals surface area (Å²) in [5, 5.41) is 12.6. The summed E-state index contributed by atoms with van der Waals surface area (Å²) in [6.45, 7) is 6.05. The van der Waals surface area contributed by atoms with E-state index < -0.39 is 0 Å². The summed E-state index contributed by atoms with van der Waals surface area (Å²) in [7, 11) is 0. The topological polar surface area (TPSA) is 35.5 Å². The summed E-state index contributed by atoms with van der Waals surface area (Å²) >= 11 is 2.30. The Kier molecular flexibility index (Phi) is 4.05. The average molecular weight is 270 g/mol. The van der Waals surface area contributed by atoms with Gasteiger partial charge in [0.1, 0.15) is 0 Å². The monoisotopic (exact) mass is 270 g/mol. The van der Waals surface area contributed by atoms with Gasteiger partial charge in [-0.2, -0.15) is 0 Å². The van der Waals surface area contributed by atoms with Crippen LogP contribution in [0.15, 0.2) is 0 Å². The molecule has 0 radical (unpaired) electrons. The normalized spacial score (nSPS) is 26.5. The molecule has 66 valence electrons. The molecular formula is C7H15IN2O. The first-order valence-electron chi connectivity index (χ1n) is 3.98. The molecule has 0 aromatic carbocycles. The van der Waals surface area contributed by atoms with Crippen LogP contribution in [0, 0.1) is 0 Å². The van der Waals surface area contributed by atoms with Crippen LogP contribution >= 0.6 is 22.6 Å². The van der Waals surface area contributed by atoms with Gasteiger partial charge in [-0.3, -0.25) is 4.90 Å².